The van der Waals surface area contributed by atoms with Crippen molar-refractivity contribution in [3.8, 4) is 11.3 Å². The minimum absolute atomic E-state index is 0.0942. The van der Waals surface area contributed by atoms with Crippen LogP contribution in [0, 0.1) is 11.6 Å². The van der Waals surface area contributed by atoms with Crippen LogP contribution in [0.4, 0.5) is 8.78 Å². The highest BCUT2D eigenvalue weighted by molar-refractivity contribution is 7.90. The SMILES string of the molecule is CC(C)(C)S(=O)NC(Cc1nc(S(C)(=O)=O)ccc1F)c1ccccc1-c1noc2cc(F)ccc12. The van der Waals surface area contributed by atoms with Crippen molar-refractivity contribution in [2.24, 2.45) is 0 Å². The van der Waals surface area contributed by atoms with Gasteiger partial charge in [0, 0.05) is 29.7 Å². The van der Waals surface area contributed by atoms with Gasteiger partial charge in [-0.3, -0.25) is 0 Å². The molecule has 11 heteroatoms. The van der Waals surface area contributed by atoms with Gasteiger partial charge in [-0.15, -0.1) is 0 Å². The number of halogens is 2. The predicted molar refractivity (Wildman–Crippen MR) is 134 cm³/mol. The molecular formula is C25H25F2N3O4S2. The van der Waals surface area contributed by atoms with Crippen LogP contribution >= 0.6 is 0 Å². The highest BCUT2D eigenvalue weighted by atomic mass is 32.2. The number of fused-ring (bicyclic) bond motifs is 1. The number of rotatable bonds is 7. The molecule has 2 atom stereocenters. The topological polar surface area (TPSA) is 102 Å². The number of aromatic nitrogens is 2. The lowest BCUT2D eigenvalue weighted by Gasteiger charge is -2.26. The van der Waals surface area contributed by atoms with Crippen LogP contribution in [0.5, 0.6) is 0 Å². The first-order chi connectivity index (χ1) is 16.8. The molecule has 2 heterocycles. The fourth-order valence-corrected chi connectivity index (χ4v) is 5.06. The third-order valence-electron chi connectivity index (χ3n) is 5.50. The first-order valence-corrected chi connectivity index (χ1v) is 14.1. The monoisotopic (exact) mass is 533 g/mol. The number of benzene rings is 2. The zero-order valence-electron chi connectivity index (χ0n) is 20.1. The maximum absolute atomic E-state index is 14.8. The van der Waals surface area contributed by atoms with E-state index in [9.17, 15) is 21.4 Å². The molecule has 2 aromatic carbocycles. The van der Waals surface area contributed by atoms with Crippen LogP contribution in [0.2, 0.25) is 0 Å². The van der Waals surface area contributed by atoms with Gasteiger partial charge >= 0.3 is 0 Å². The van der Waals surface area contributed by atoms with Crippen LogP contribution in [0.25, 0.3) is 22.2 Å². The van der Waals surface area contributed by atoms with Crippen molar-refractivity contribution in [2.45, 2.75) is 43.0 Å². The van der Waals surface area contributed by atoms with Gasteiger partial charge in [0.15, 0.2) is 20.4 Å². The highest BCUT2D eigenvalue weighted by Gasteiger charge is 2.28. The molecule has 0 aliphatic heterocycles. The fourth-order valence-electron chi connectivity index (χ4n) is 3.65. The molecule has 1 N–H and O–H groups in total. The summed E-state index contributed by atoms with van der Waals surface area (Å²) in [5.41, 5.74) is 1.82. The van der Waals surface area contributed by atoms with Crippen LogP contribution in [-0.2, 0) is 27.2 Å². The summed E-state index contributed by atoms with van der Waals surface area (Å²) in [4.78, 5) is 4.05. The second-order valence-corrected chi connectivity index (χ2v) is 13.3. The first kappa shape index (κ1) is 26.1. The van der Waals surface area contributed by atoms with E-state index in [0.29, 0.717) is 22.2 Å². The van der Waals surface area contributed by atoms with Crippen molar-refractivity contribution in [1.82, 2.24) is 14.9 Å². The minimum Gasteiger partial charge on any atom is -0.356 e. The van der Waals surface area contributed by atoms with Gasteiger partial charge in [0.25, 0.3) is 0 Å². The van der Waals surface area contributed by atoms with Crippen LogP contribution in [-0.4, -0.2) is 33.8 Å². The Morgan fingerprint density at radius 2 is 1.81 bits per heavy atom. The van der Waals surface area contributed by atoms with Crippen molar-refractivity contribution >= 4 is 31.8 Å². The molecule has 0 spiro atoms. The molecule has 7 nitrogen and oxygen atoms in total. The number of hydrogen-bond acceptors (Lipinski definition) is 6. The predicted octanol–water partition coefficient (Wildman–Crippen LogP) is 4.91. The molecule has 4 aromatic rings. The quantitative estimate of drug-likeness (QED) is 0.362. The highest BCUT2D eigenvalue weighted by Crippen LogP contribution is 2.35. The molecule has 0 aliphatic rings. The van der Waals surface area contributed by atoms with Crippen LogP contribution in [0.3, 0.4) is 0 Å². The Morgan fingerprint density at radius 1 is 1.08 bits per heavy atom. The Bertz CT molecular complexity index is 1560. The Hall–Kier alpha value is -3.02. The van der Waals surface area contributed by atoms with Gasteiger partial charge in [0.1, 0.15) is 17.3 Å². The maximum Gasteiger partial charge on any atom is 0.192 e. The van der Waals surface area contributed by atoms with Gasteiger partial charge in [-0.25, -0.2) is 31.1 Å². The zero-order chi connectivity index (χ0) is 26.3. The van der Waals surface area contributed by atoms with E-state index < -0.39 is 43.2 Å². The van der Waals surface area contributed by atoms with E-state index in [1.165, 1.54) is 12.1 Å². The molecule has 0 amide bonds. The van der Waals surface area contributed by atoms with E-state index >= 15 is 0 Å². The molecule has 0 saturated heterocycles. The minimum atomic E-state index is -3.67. The van der Waals surface area contributed by atoms with E-state index in [1.54, 1.807) is 51.1 Å². The van der Waals surface area contributed by atoms with Crippen LogP contribution in [0.1, 0.15) is 38.1 Å². The molecule has 2 aromatic heterocycles. The maximum atomic E-state index is 14.8. The Kier molecular flexibility index (Phi) is 7.09. The second kappa shape index (κ2) is 9.79. The summed E-state index contributed by atoms with van der Waals surface area (Å²) in [6.45, 7) is 5.38. The van der Waals surface area contributed by atoms with Crippen molar-refractivity contribution in [2.75, 3.05) is 6.26 Å². The largest absolute Gasteiger partial charge is 0.356 e. The zero-order valence-corrected chi connectivity index (χ0v) is 21.7. The number of pyridine rings is 1. The third kappa shape index (κ3) is 5.53. The lowest BCUT2D eigenvalue weighted by atomic mass is 9.94. The van der Waals surface area contributed by atoms with Crippen molar-refractivity contribution < 1.29 is 25.9 Å². The average Bonchev–Trinajstić information content (AvgIpc) is 3.21. The molecule has 2 unspecified atom stereocenters. The average molecular weight is 534 g/mol. The Balaban J connectivity index is 1.85. The summed E-state index contributed by atoms with van der Waals surface area (Å²) in [6.07, 6.45) is 0.896. The van der Waals surface area contributed by atoms with Gasteiger partial charge < -0.3 is 4.52 Å². The summed E-state index contributed by atoms with van der Waals surface area (Å²) < 4.78 is 73.4. The van der Waals surface area contributed by atoms with Gasteiger partial charge in [-0.05, 0) is 50.6 Å². The van der Waals surface area contributed by atoms with Crippen LogP contribution < -0.4 is 4.72 Å². The molecule has 36 heavy (non-hydrogen) atoms. The third-order valence-corrected chi connectivity index (χ3v) is 8.10. The molecule has 190 valence electrons. The smallest absolute Gasteiger partial charge is 0.192 e. The lowest BCUT2D eigenvalue weighted by molar-refractivity contribution is 0.457. The number of nitrogens with zero attached hydrogens (tertiary/aromatic N) is 2. The Morgan fingerprint density at radius 3 is 2.50 bits per heavy atom. The summed E-state index contributed by atoms with van der Waals surface area (Å²) in [6, 6.07) is 12.6. The molecule has 0 saturated carbocycles. The van der Waals surface area contributed by atoms with E-state index in [4.69, 9.17) is 4.52 Å². The fraction of sp³-hybridized carbons (Fsp3) is 0.280. The molecule has 0 bridgehead atoms. The number of nitrogens with one attached hydrogen (secondary N) is 1. The summed E-state index contributed by atoms with van der Waals surface area (Å²) in [5, 5.41) is 4.45. The van der Waals surface area contributed by atoms with Gasteiger partial charge in [0.05, 0.1) is 27.5 Å². The normalized spacial score (nSPS) is 14.2. The van der Waals surface area contributed by atoms with E-state index in [-0.39, 0.29) is 22.7 Å². The molecule has 4 rings (SSSR count). The summed E-state index contributed by atoms with van der Waals surface area (Å²) in [5.74, 6) is -1.15. The standard InChI is InChI=1S/C25H25F2N3O4S2/c1-25(2,3)35(31)30-20(14-21-19(27)11-12-23(28-21)36(4,32)33)16-7-5-6-8-17(16)24-18-10-9-15(26)13-22(18)34-29-24/h5-13,20,30H,14H2,1-4H3. The lowest BCUT2D eigenvalue weighted by Crippen LogP contribution is -2.37. The Labute approximate surface area is 210 Å². The first-order valence-electron chi connectivity index (χ1n) is 11.0. The van der Waals surface area contributed by atoms with Gasteiger partial charge in [-0.1, -0.05) is 29.4 Å². The van der Waals surface area contributed by atoms with Crippen molar-refractivity contribution in [1.29, 1.82) is 0 Å². The molecule has 0 radical (unpaired) electrons. The van der Waals surface area contributed by atoms with E-state index in [2.05, 4.69) is 14.9 Å². The van der Waals surface area contributed by atoms with Crippen molar-refractivity contribution in [3.63, 3.8) is 0 Å². The second-order valence-electron chi connectivity index (χ2n) is 9.36. The summed E-state index contributed by atoms with van der Waals surface area (Å²) >= 11 is 0. The summed E-state index contributed by atoms with van der Waals surface area (Å²) in [7, 11) is -5.24. The number of sulfone groups is 1. The number of hydrogen-bond donors (Lipinski definition) is 1. The van der Waals surface area contributed by atoms with Crippen molar-refractivity contribution in [3.05, 3.63) is 77.5 Å². The van der Waals surface area contributed by atoms with E-state index in [1.807, 2.05) is 0 Å². The van der Waals surface area contributed by atoms with Crippen LogP contribution in [0.15, 0.2) is 64.1 Å². The van der Waals surface area contributed by atoms with Gasteiger partial charge in [0.2, 0.25) is 0 Å². The molecular weight excluding hydrogens is 508 g/mol. The van der Waals surface area contributed by atoms with E-state index in [0.717, 1.165) is 18.4 Å². The van der Waals surface area contributed by atoms with Gasteiger partial charge in [-0.2, -0.15) is 0 Å². The molecule has 0 aliphatic carbocycles. The molecule has 0 fully saturated rings.